The van der Waals surface area contributed by atoms with Crippen molar-refractivity contribution in [3.8, 4) is 0 Å². The van der Waals surface area contributed by atoms with E-state index in [1.165, 1.54) is 12.8 Å². The number of fused-ring (bicyclic) bond motifs is 2. The second-order valence-corrected chi connectivity index (χ2v) is 4.12. The smallest absolute Gasteiger partial charge is 0.0409 e. The van der Waals surface area contributed by atoms with Gasteiger partial charge >= 0.3 is 0 Å². The van der Waals surface area contributed by atoms with Crippen LogP contribution in [0.15, 0.2) is 0 Å². The second-order valence-electron chi connectivity index (χ2n) is 4.12. The lowest BCUT2D eigenvalue weighted by Gasteiger charge is -2.23. The monoisotopic (exact) mass is 124 g/mol. The summed E-state index contributed by atoms with van der Waals surface area (Å²) in [7, 11) is 0. The topological polar surface area (TPSA) is 0 Å². The van der Waals surface area contributed by atoms with Crippen LogP contribution in [0.1, 0.15) is 39.0 Å². The fourth-order valence-electron chi connectivity index (χ4n) is 2.84. The average molecular weight is 124 g/mol. The van der Waals surface area contributed by atoms with E-state index in [1.54, 1.807) is 19.3 Å². The minimum absolute atomic E-state index is 1.05. The Morgan fingerprint density at radius 1 is 0.889 bits per heavy atom. The summed E-state index contributed by atoms with van der Waals surface area (Å²) in [6, 6.07) is 0. The predicted molar refractivity (Wildman–Crippen MR) is 39.2 cm³/mol. The Kier molecular flexibility index (Phi) is 1.28. The van der Waals surface area contributed by atoms with Crippen LogP contribution in [-0.4, -0.2) is 0 Å². The fourth-order valence-corrected chi connectivity index (χ4v) is 2.84. The van der Waals surface area contributed by atoms with Crippen LogP contribution in [0.3, 0.4) is 0 Å². The molecule has 0 spiro atoms. The minimum Gasteiger partial charge on any atom is -0.0625 e. The summed E-state index contributed by atoms with van der Waals surface area (Å²) >= 11 is 0. The molecule has 0 N–H and O–H groups in total. The molecule has 52 valence electrons. The quantitative estimate of drug-likeness (QED) is 0.466. The summed E-state index contributed by atoms with van der Waals surface area (Å²) < 4.78 is 0. The summed E-state index contributed by atoms with van der Waals surface area (Å²) in [6.45, 7) is 2.42. The molecule has 0 aliphatic heterocycles. The first-order chi connectivity index (χ1) is 4.34. The molecule has 0 saturated heterocycles. The first kappa shape index (κ1) is 5.76. The van der Waals surface area contributed by atoms with Gasteiger partial charge in [-0.05, 0) is 37.0 Å². The van der Waals surface area contributed by atoms with Gasteiger partial charge in [-0.3, -0.25) is 0 Å². The van der Waals surface area contributed by atoms with Gasteiger partial charge in [0.15, 0.2) is 0 Å². The van der Waals surface area contributed by atoms with E-state index in [1.807, 2.05) is 0 Å². The highest BCUT2D eigenvalue weighted by Crippen LogP contribution is 2.44. The molecular formula is C9H16. The van der Waals surface area contributed by atoms with Crippen LogP contribution in [0.4, 0.5) is 0 Å². The van der Waals surface area contributed by atoms with E-state index < -0.39 is 0 Å². The van der Waals surface area contributed by atoms with Gasteiger partial charge < -0.3 is 0 Å². The second kappa shape index (κ2) is 2.00. The molecule has 2 bridgehead atoms. The SMILES string of the molecule is CC1C[C@@H]2CC[C@@H](C1)C2. The highest BCUT2D eigenvalue weighted by Gasteiger charge is 2.31. The van der Waals surface area contributed by atoms with E-state index in [9.17, 15) is 0 Å². The molecule has 0 aromatic carbocycles. The zero-order chi connectivity index (χ0) is 6.27. The average Bonchev–Trinajstić information content (AvgIpc) is 2.11. The van der Waals surface area contributed by atoms with Crippen molar-refractivity contribution in [2.24, 2.45) is 17.8 Å². The molecule has 2 aliphatic rings. The number of hydrogen-bond acceptors (Lipinski definition) is 0. The van der Waals surface area contributed by atoms with Crippen LogP contribution >= 0.6 is 0 Å². The first-order valence-electron chi connectivity index (χ1n) is 4.34. The molecule has 2 saturated carbocycles. The Balaban J connectivity index is 2.03. The lowest BCUT2D eigenvalue weighted by Crippen LogP contribution is -2.12. The van der Waals surface area contributed by atoms with Crippen LogP contribution in [0.2, 0.25) is 0 Å². The molecule has 2 fully saturated rings. The molecule has 0 heterocycles. The standard InChI is InChI=1S/C9H16/c1-7-4-8-2-3-9(5-7)6-8/h7-9H,2-6H2,1H3/t8-,9-/m0/s1. The first-order valence-corrected chi connectivity index (χ1v) is 4.34. The summed E-state index contributed by atoms with van der Waals surface area (Å²) in [5.41, 5.74) is 0. The van der Waals surface area contributed by atoms with Crippen molar-refractivity contribution in [1.82, 2.24) is 0 Å². The maximum Gasteiger partial charge on any atom is -0.0409 e. The van der Waals surface area contributed by atoms with Crippen molar-refractivity contribution in [3.63, 3.8) is 0 Å². The summed E-state index contributed by atoms with van der Waals surface area (Å²) in [5.74, 6) is 3.33. The molecule has 0 aromatic rings. The molecule has 0 heteroatoms. The maximum atomic E-state index is 2.42. The highest BCUT2D eigenvalue weighted by molar-refractivity contribution is 4.83. The normalized spacial score (nSPS) is 49.7. The largest absolute Gasteiger partial charge is 0.0625 e. The Morgan fingerprint density at radius 3 is 2.00 bits per heavy atom. The molecule has 0 nitrogen and oxygen atoms in total. The number of hydrogen-bond donors (Lipinski definition) is 0. The number of rotatable bonds is 0. The van der Waals surface area contributed by atoms with Gasteiger partial charge in [0.25, 0.3) is 0 Å². The molecule has 0 aromatic heterocycles. The summed E-state index contributed by atoms with van der Waals surface area (Å²) in [4.78, 5) is 0. The van der Waals surface area contributed by atoms with Crippen molar-refractivity contribution in [2.75, 3.05) is 0 Å². The van der Waals surface area contributed by atoms with Crippen molar-refractivity contribution in [3.05, 3.63) is 0 Å². The Morgan fingerprint density at radius 2 is 1.44 bits per heavy atom. The Hall–Kier alpha value is 0. The van der Waals surface area contributed by atoms with E-state index >= 15 is 0 Å². The van der Waals surface area contributed by atoms with Gasteiger partial charge in [0.05, 0.1) is 0 Å². The molecule has 2 atom stereocenters. The van der Waals surface area contributed by atoms with Crippen LogP contribution in [-0.2, 0) is 0 Å². The van der Waals surface area contributed by atoms with Gasteiger partial charge in [0, 0.05) is 0 Å². The van der Waals surface area contributed by atoms with E-state index in [4.69, 9.17) is 0 Å². The van der Waals surface area contributed by atoms with Gasteiger partial charge in [0.2, 0.25) is 0 Å². The highest BCUT2D eigenvalue weighted by atomic mass is 14.4. The Bertz CT molecular complexity index is 94.6. The van der Waals surface area contributed by atoms with Gasteiger partial charge in [-0.1, -0.05) is 19.8 Å². The van der Waals surface area contributed by atoms with E-state index in [2.05, 4.69) is 6.92 Å². The Labute approximate surface area is 57.6 Å². The van der Waals surface area contributed by atoms with Crippen LogP contribution in [0.25, 0.3) is 0 Å². The van der Waals surface area contributed by atoms with Crippen LogP contribution in [0, 0.1) is 17.8 Å². The zero-order valence-corrected chi connectivity index (χ0v) is 6.27. The zero-order valence-electron chi connectivity index (χ0n) is 6.27. The van der Waals surface area contributed by atoms with Crippen molar-refractivity contribution in [2.45, 2.75) is 39.0 Å². The third-order valence-electron chi connectivity index (χ3n) is 3.12. The molecule has 9 heavy (non-hydrogen) atoms. The molecule has 0 radical (unpaired) electrons. The molecule has 2 aliphatic carbocycles. The van der Waals surface area contributed by atoms with Crippen molar-refractivity contribution in [1.29, 1.82) is 0 Å². The van der Waals surface area contributed by atoms with Gasteiger partial charge in [-0.15, -0.1) is 0 Å². The van der Waals surface area contributed by atoms with Gasteiger partial charge in [-0.2, -0.15) is 0 Å². The maximum absolute atomic E-state index is 2.42. The molecule has 0 unspecified atom stereocenters. The van der Waals surface area contributed by atoms with Crippen molar-refractivity contribution < 1.29 is 0 Å². The lowest BCUT2D eigenvalue weighted by atomic mass is 9.82. The van der Waals surface area contributed by atoms with Crippen molar-refractivity contribution >= 4 is 0 Å². The fraction of sp³-hybridized carbons (Fsp3) is 1.00. The lowest BCUT2D eigenvalue weighted by molar-refractivity contribution is 0.278. The third kappa shape index (κ3) is 0.997. The predicted octanol–water partition coefficient (Wildman–Crippen LogP) is 2.83. The van der Waals surface area contributed by atoms with Gasteiger partial charge in [0.1, 0.15) is 0 Å². The van der Waals surface area contributed by atoms with E-state index in [-0.39, 0.29) is 0 Å². The van der Waals surface area contributed by atoms with E-state index in [0.29, 0.717) is 0 Å². The summed E-state index contributed by atoms with van der Waals surface area (Å²) in [5, 5.41) is 0. The molecule has 0 amide bonds. The molecule has 2 rings (SSSR count). The van der Waals surface area contributed by atoms with E-state index in [0.717, 1.165) is 17.8 Å². The van der Waals surface area contributed by atoms with Gasteiger partial charge in [-0.25, -0.2) is 0 Å². The minimum atomic E-state index is 1.05. The summed E-state index contributed by atoms with van der Waals surface area (Å²) in [6.07, 6.45) is 7.75. The molecular weight excluding hydrogens is 108 g/mol. The van der Waals surface area contributed by atoms with Crippen LogP contribution < -0.4 is 0 Å². The van der Waals surface area contributed by atoms with Crippen LogP contribution in [0.5, 0.6) is 0 Å². The third-order valence-corrected chi connectivity index (χ3v) is 3.12.